The molecule has 0 aromatic heterocycles. The minimum Gasteiger partial charge on any atom is -0.322 e. The van der Waals surface area contributed by atoms with Gasteiger partial charge in [-0.05, 0) is 54.6 Å². The lowest BCUT2D eigenvalue weighted by Crippen LogP contribution is -2.27. The maximum atomic E-state index is 13.0. The molecular weight excluding hydrogens is 453 g/mol. The molecule has 0 aliphatic rings. The van der Waals surface area contributed by atoms with Gasteiger partial charge in [0.25, 0.3) is 15.9 Å². The molecular formula is C21H16ClF3N2O3S. The van der Waals surface area contributed by atoms with Gasteiger partial charge in [0, 0.05) is 12.7 Å². The molecule has 0 radical (unpaired) electrons. The van der Waals surface area contributed by atoms with Crippen LogP contribution < -0.4 is 9.62 Å². The summed E-state index contributed by atoms with van der Waals surface area (Å²) < 4.78 is 65.0. The summed E-state index contributed by atoms with van der Waals surface area (Å²) in [4.78, 5) is 12.4. The molecule has 0 fully saturated rings. The van der Waals surface area contributed by atoms with E-state index >= 15 is 0 Å². The number of para-hydroxylation sites is 1. The van der Waals surface area contributed by atoms with Gasteiger partial charge in [0.15, 0.2) is 0 Å². The Balaban J connectivity index is 1.87. The van der Waals surface area contributed by atoms with Crippen LogP contribution in [0.4, 0.5) is 24.5 Å². The second-order valence-electron chi connectivity index (χ2n) is 6.48. The summed E-state index contributed by atoms with van der Waals surface area (Å²) in [6, 6.07) is 15.9. The van der Waals surface area contributed by atoms with Crippen molar-refractivity contribution in [3.63, 3.8) is 0 Å². The van der Waals surface area contributed by atoms with Gasteiger partial charge in [-0.25, -0.2) is 8.42 Å². The molecule has 0 saturated heterocycles. The third-order valence-electron chi connectivity index (χ3n) is 4.43. The van der Waals surface area contributed by atoms with Crippen LogP contribution in [0.3, 0.4) is 0 Å². The molecule has 0 bridgehead atoms. The van der Waals surface area contributed by atoms with Crippen LogP contribution in [-0.2, 0) is 16.2 Å². The normalized spacial score (nSPS) is 11.8. The first kappa shape index (κ1) is 22.6. The van der Waals surface area contributed by atoms with Gasteiger partial charge in [0.2, 0.25) is 0 Å². The highest BCUT2D eigenvalue weighted by atomic mass is 35.5. The Labute approximate surface area is 182 Å². The Bertz CT molecular complexity index is 1200. The molecule has 1 N–H and O–H groups in total. The molecule has 162 valence electrons. The van der Waals surface area contributed by atoms with Crippen molar-refractivity contribution in [3.05, 3.63) is 88.9 Å². The number of benzene rings is 3. The highest BCUT2D eigenvalue weighted by Crippen LogP contribution is 2.30. The standard InChI is InChI=1S/C21H16ClF3N2O3S/c1-27(16-5-3-2-4-6-16)31(29,30)17-11-12-19(22)18(13-17)20(28)26-15-9-7-14(8-10-15)21(23,24)25/h2-13H,1H3,(H,26,28). The first-order chi connectivity index (χ1) is 14.5. The summed E-state index contributed by atoms with van der Waals surface area (Å²) in [6.45, 7) is 0. The number of hydrogen-bond donors (Lipinski definition) is 1. The molecule has 0 spiro atoms. The van der Waals surface area contributed by atoms with Gasteiger partial charge in [-0.15, -0.1) is 0 Å². The Morgan fingerprint density at radius 3 is 2.16 bits per heavy atom. The van der Waals surface area contributed by atoms with Crippen LogP contribution in [0.5, 0.6) is 0 Å². The molecule has 10 heteroatoms. The van der Waals surface area contributed by atoms with E-state index in [0.29, 0.717) is 5.69 Å². The second-order valence-corrected chi connectivity index (χ2v) is 8.86. The molecule has 0 atom stereocenters. The summed E-state index contributed by atoms with van der Waals surface area (Å²) in [5.74, 6) is -0.760. The molecule has 3 aromatic rings. The fourth-order valence-electron chi connectivity index (χ4n) is 2.71. The number of nitrogens with one attached hydrogen (secondary N) is 1. The second kappa shape index (κ2) is 8.60. The van der Waals surface area contributed by atoms with Gasteiger partial charge in [-0.3, -0.25) is 9.10 Å². The van der Waals surface area contributed by atoms with Crippen LogP contribution in [0.2, 0.25) is 5.02 Å². The molecule has 31 heavy (non-hydrogen) atoms. The van der Waals surface area contributed by atoms with E-state index in [4.69, 9.17) is 11.6 Å². The van der Waals surface area contributed by atoms with Gasteiger partial charge in [0.1, 0.15) is 0 Å². The van der Waals surface area contributed by atoms with E-state index in [0.717, 1.165) is 34.6 Å². The van der Waals surface area contributed by atoms with Crippen LogP contribution in [0.15, 0.2) is 77.7 Å². The van der Waals surface area contributed by atoms with Crippen LogP contribution >= 0.6 is 11.6 Å². The van der Waals surface area contributed by atoms with E-state index in [9.17, 15) is 26.4 Å². The van der Waals surface area contributed by atoms with Crippen LogP contribution in [0, 0.1) is 0 Å². The van der Waals surface area contributed by atoms with Crippen molar-refractivity contribution in [2.45, 2.75) is 11.1 Å². The molecule has 0 heterocycles. The average Bonchev–Trinajstić information content (AvgIpc) is 2.73. The molecule has 0 aliphatic heterocycles. The van der Waals surface area contributed by atoms with Crippen molar-refractivity contribution >= 4 is 38.9 Å². The summed E-state index contributed by atoms with van der Waals surface area (Å²) in [5, 5.41) is 2.41. The number of sulfonamides is 1. The summed E-state index contributed by atoms with van der Waals surface area (Å²) in [6.07, 6.45) is -4.50. The highest BCUT2D eigenvalue weighted by molar-refractivity contribution is 7.92. The van der Waals surface area contributed by atoms with E-state index in [1.807, 2.05) is 0 Å². The zero-order chi connectivity index (χ0) is 22.8. The fraction of sp³-hybridized carbons (Fsp3) is 0.0952. The van der Waals surface area contributed by atoms with E-state index in [-0.39, 0.29) is 21.2 Å². The van der Waals surface area contributed by atoms with E-state index in [2.05, 4.69) is 5.32 Å². The number of rotatable bonds is 5. The number of nitrogens with zero attached hydrogens (tertiary/aromatic N) is 1. The van der Waals surface area contributed by atoms with Crippen LogP contribution in [0.25, 0.3) is 0 Å². The summed E-state index contributed by atoms with van der Waals surface area (Å²) >= 11 is 6.07. The SMILES string of the molecule is CN(c1ccccc1)S(=O)(=O)c1ccc(Cl)c(C(=O)Nc2ccc(C(F)(F)F)cc2)c1. The summed E-state index contributed by atoms with van der Waals surface area (Å²) in [7, 11) is -2.61. The number of hydrogen-bond acceptors (Lipinski definition) is 3. The van der Waals surface area contributed by atoms with Gasteiger partial charge in [-0.1, -0.05) is 29.8 Å². The summed E-state index contributed by atoms with van der Waals surface area (Å²) in [5.41, 5.74) is -0.471. The minimum absolute atomic E-state index is 0.00859. The molecule has 5 nitrogen and oxygen atoms in total. The van der Waals surface area contributed by atoms with Gasteiger partial charge >= 0.3 is 6.18 Å². The van der Waals surface area contributed by atoms with E-state index < -0.39 is 27.7 Å². The Morgan fingerprint density at radius 1 is 0.968 bits per heavy atom. The quantitative estimate of drug-likeness (QED) is 0.542. The molecule has 3 aromatic carbocycles. The molecule has 0 aliphatic carbocycles. The first-order valence-electron chi connectivity index (χ1n) is 8.82. The molecule has 1 amide bonds. The van der Waals surface area contributed by atoms with Crippen molar-refractivity contribution in [2.75, 3.05) is 16.7 Å². The number of halogens is 4. The van der Waals surface area contributed by atoms with Crippen LogP contribution in [0.1, 0.15) is 15.9 Å². The predicted molar refractivity (Wildman–Crippen MR) is 113 cm³/mol. The average molecular weight is 469 g/mol. The topological polar surface area (TPSA) is 66.5 Å². The van der Waals surface area contributed by atoms with Crippen molar-refractivity contribution in [1.82, 2.24) is 0 Å². The largest absolute Gasteiger partial charge is 0.416 e. The zero-order valence-corrected chi connectivity index (χ0v) is 17.6. The van der Waals surface area contributed by atoms with Crippen molar-refractivity contribution < 1.29 is 26.4 Å². The van der Waals surface area contributed by atoms with Crippen LogP contribution in [-0.4, -0.2) is 21.4 Å². The highest BCUT2D eigenvalue weighted by Gasteiger charge is 2.30. The first-order valence-corrected chi connectivity index (χ1v) is 10.6. The minimum atomic E-state index is -4.50. The third-order valence-corrected chi connectivity index (χ3v) is 6.54. The Hall–Kier alpha value is -3.04. The Morgan fingerprint density at radius 2 is 1.58 bits per heavy atom. The Kier molecular flexibility index (Phi) is 6.28. The van der Waals surface area contributed by atoms with Crippen molar-refractivity contribution in [1.29, 1.82) is 0 Å². The molecule has 3 rings (SSSR count). The van der Waals surface area contributed by atoms with E-state index in [1.165, 1.54) is 19.2 Å². The van der Waals surface area contributed by atoms with Gasteiger partial charge < -0.3 is 5.32 Å². The number of amides is 1. The zero-order valence-electron chi connectivity index (χ0n) is 16.0. The third kappa shape index (κ3) is 5.00. The number of anilines is 2. The molecule has 0 saturated carbocycles. The van der Waals surface area contributed by atoms with Crippen molar-refractivity contribution in [3.8, 4) is 0 Å². The lowest BCUT2D eigenvalue weighted by Gasteiger charge is -2.20. The number of carbonyl (C=O) groups is 1. The fourth-order valence-corrected chi connectivity index (χ4v) is 4.14. The number of alkyl halides is 3. The lowest BCUT2D eigenvalue weighted by atomic mass is 10.1. The maximum absolute atomic E-state index is 13.0. The predicted octanol–water partition coefficient (Wildman–Crippen LogP) is 5.44. The number of carbonyl (C=O) groups excluding carboxylic acids is 1. The smallest absolute Gasteiger partial charge is 0.322 e. The van der Waals surface area contributed by atoms with Gasteiger partial charge in [0.05, 0.1) is 26.7 Å². The monoisotopic (exact) mass is 468 g/mol. The molecule has 0 unspecified atom stereocenters. The maximum Gasteiger partial charge on any atom is 0.416 e. The van der Waals surface area contributed by atoms with Crippen molar-refractivity contribution in [2.24, 2.45) is 0 Å². The van der Waals surface area contributed by atoms with E-state index in [1.54, 1.807) is 30.3 Å². The van der Waals surface area contributed by atoms with Gasteiger partial charge in [-0.2, -0.15) is 13.2 Å². The lowest BCUT2D eigenvalue weighted by molar-refractivity contribution is -0.137.